The van der Waals surface area contributed by atoms with Gasteiger partial charge in [-0.3, -0.25) is 4.79 Å². The number of rotatable bonds is 2. The Morgan fingerprint density at radius 2 is 2.12 bits per heavy atom. The molecule has 84 valence electrons. The van der Waals surface area contributed by atoms with Gasteiger partial charge in [0.1, 0.15) is 0 Å². The van der Waals surface area contributed by atoms with E-state index in [9.17, 15) is 4.79 Å². The van der Waals surface area contributed by atoms with E-state index in [2.05, 4.69) is 6.07 Å². The molecular weight excluding hydrogens is 212 g/mol. The van der Waals surface area contributed by atoms with Crippen molar-refractivity contribution in [2.45, 2.75) is 13.5 Å². The highest BCUT2D eigenvalue weighted by Crippen LogP contribution is 2.11. The first-order valence-electron chi connectivity index (χ1n) is 5.36. The number of hydrogen-bond donors (Lipinski definition) is 0. The average molecular weight is 224 g/mol. The predicted octanol–water partition coefficient (Wildman–Crippen LogP) is 2.08. The number of hydrogen-bond acceptors (Lipinski definition) is 2. The minimum absolute atomic E-state index is 0.0174. The standard InChI is InChI=1S/C14H12N2O/c1-11-8-12(9-15)5-6-13(11)10-16-7-3-2-4-14(16)17/h2-8H,10H2,1H3. The summed E-state index contributed by atoms with van der Waals surface area (Å²) in [4.78, 5) is 11.6. The van der Waals surface area contributed by atoms with E-state index in [0.29, 0.717) is 12.1 Å². The van der Waals surface area contributed by atoms with Crippen LogP contribution in [0.5, 0.6) is 0 Å². The summed E-state index contributed by atoms with van der Waals surface area (Å²) in [5.41, 5.74) is 2.71. The van der Waals surface area contributed by atoms with Crippen molar-refractivity contribution in [3.63, 3.8) is 0 Å². The number of pyridine rings is 1. The van der Waals surface area contributed by atoms with Crippen LogP contribution in [0.15, 0.2) is 47.4 Å². The number of nitriles is 1. The highest BCUT2D eigenvalue weighted by Gasteiger charge is 2.01. The lowest BCUT2D eigenvalue weighted by molar-refractivity contribution is 0.755. The van der Waals surface area contributed by atoms with E-state index >= 15 is 0 Å². The van der Waals surface area contributed by atoms with Crippen molar-refractivity contribution in [3.05, 3.63) is 69.6 Å². The minimum Gasteiger partial charge on any atom is -0.311 e. The molecule has 3 heteroatoms. The molecule has 17 heavy (non-hydrogen) atoms. The third kappa shape index (κ3) is 2.43. The molecule has 0 aliphatic rings. The summed E-state index contributed by atoms with van der Waals surface area (Å²) in [5.74, 6) is 0. The molecule has 0 N–H and O–H groups in total. The quantitative estimate of drug-likeness (QED) is 0.784. The summed E-state index contributed by atoms with van der Waals surface area (Å²) >= 11 is 0. The monoisotopic (exact) mass is 224 g/mol. The van der Waals surface area contributed by atoms with Crippen LogP contribution in [0.25, 0.3) is 0 Å². The summed E-state index contributed by atoms with van der Waals surface area (Å²) in [5, 5.41) is 8.78. The molecule has 0 unspecified atom stereocenters. The Labute approximate surface area is 99.6 Å². The summed E-state index contributed by atoms with van der Waals surface area (Å²) in [6, 6.07) is 12.7. The van der Waals surface area contributed by atoms with Crippen LogP contribution < -0.4 is 5.56 Å². The second-order valence-corrected chi connectivity index (χ2v) is 3.92. The van der Waals surface area contributed by atoms with E-state index in [1.165, 1.54) is 0 Å². The van der Waals surface area contributed by atoms with Crippen molar-refractivity contribution in [2.24, 2.45) is 0 Å². The third-order valence-electron chi connectivity index (χ3n) is 2.71. The van der Waals surface area contributed by atoms with Crippen LogP contribution in [0.4, 0.5) is 0 Å². The molecule has 0 saturated heterocycles. The second-order valence-electron chi connectivity index (χ2n) is 3.92. The van der Waals surface area contributed by atoms with Gasteiger partial charge in [-0.25, -0.2) is 0 Å². The number of aromatic nitrogens is 1. The first-order valence-corrected chi connectivity index (χ1v) is 5.36. The van der Waals surface area contributed by atoms with E-state index in [-0.39, 0.29) is 5.56 Å². The molecule has 3 nitrogen and oxygen atoms in total. The van der Waals surface area contributed by atoms with E-state index in [1.807, 2.05) is 25.1 Å². The number of nitrogens with zero attached hydrogens (tertiary/aromatic N) is 2. The predicted molar refractivity (Wildman–Crippen MR) is 65.7 cm³/mol. The molecule has 2 rings (SSSR count). The molecule has 0 atom stereocenters. The van der Waals surface area contributed by atoms with Gasteiger partial charge in [0.15, 0.2) is 0 Å². The third-order valence-corrected chi connectivity index (χ3v) is 2.71. The minimum atomic E-state index is -0.0174. The van der Waals surface area contributed by atoms with E-state index in [0.717, 1.165) is 11.1 Å². The average Bonchev–Trinajstić information content (AvgIpc) is 2.34. The van der Waals surface area contributed by atoms with Gasteiger partial charge in [0, 0.05) is 12.3 Å². The van der Waals surface area contributed by atoms with E-state index < -0.39 is 0 Å². The van der Waals surface area contributed by atoms with Gasteiger partial charge in [-0.1, -0.05) is 12.1 Å². The van der Waals surface area contributed by atoms with Crippen LogP contribution in [-0.2, 0) is 6.54 Å². The molecule has 1 heterocycles. The Morgan fingerprint density at radius 3 is 2.76 bits per heavy atom. The molecule has 0 aliphatic carbocycles. The van der Waals surface area contributed by atoms with Crippen LogP contribution in [-0.4, -0.2) is 4.57 Å². The number of aryl methyl sites for hydroxylation is 1. The Balaban J connectivity index is 2.35. The van der Waals surface area contributed by atoms with Crippen molar-refractivity contribution in [1.82, 2.24) is 4.57 Å². The fourth-order valence-electron chi connectivity index (χ4n) is 1.72. The van der Waals surface area contributed by atoms with E-state index in [1.54, 1.807) is 29.0 Å². The van der Waals surface area contributed by atoms with Crippen LogP contribution in [0.3, 0.4) is 0 Å². The molecule has 1 aromatic carbocycles. The lowest BCUT2D eigenvalue weighted by Crippen LogP contribution is -2.18. The second kappa shape index (κ2) is 4.67. The fourth-order valence-corrected chi connectivity index (χ4v) is 1.72. The topological polar surface area (TPSA) is 45.8 Å². The van der Waals surface area contributed by atoms with Crippen molar-refractivity contribution >= 4 is 0 Å². The molecule has 1 aromatic heterocycles. The van der Waals surface area contributed by atoms with Crippen LogP contribution in [0.2, 0.25) is 0 Å². The van der Waals surface area contributed by atoms with Crippen molar-refractivity contribution in [2.75, 3.05) is 0 Å². The summed E-state index contributed by atoms with van der Waals surface area (Å²) < 4.78 is 1.65. The van der Waals surface area contributed by atoms with Gasteiger partial charge in [0.2, 0.25) is 0 Å². The molecule has 0 spiro atoms. The van der Waals surface area contributed by atoms with Crippen molar-refractivity contribution < 1.29 is 0 Å². The van der Waals surface area contributed by atoms with Crippen molar-refractivity contribution in [1.29, 1.82) is 5.26 Å². The molecule has 0 amide bonds. The zero-order valence-corrected chi connectivity index (χ0v) is 9.55. The molecular formula is C14H12N2O. The maximum Gasteiger partial charge on any atom is 0.250 e. The van der Waals surface area contributed by atoms with Gasteiger partial charge in [0.05, 0.1) is 18.2 Å². The summed E-state index contributed by atoms with van der Waals surface area (Å²) in [6.07, 6.45) is 1.76. The zero-order chi connectivity index (χ0) is 12.3. The zero-order valence-electron chi connectivity index (χ0n) is 9.55. The normalized spacial score (nSPS) is 9.88. The highest BCUT2D eigenvalue weighted by atomic mass is 16.1. The highest BCUT2D eigenvalue weighted by molar-refractivity contribution is 5.37. The van der Waals surface area contributed by atoms with Gasteiger partial charge >= 0.3 is 0 Å². The Kier molecular flexibility index (Phi) is 3.06. The van der Waals surface area contributed by atoms with Gasteiger partial charge in [-0.05, 0) is 36.2 Å². The summed E-state index contributed by atoms with van der Waals surface area (Å²) in [7, 11) is 0. The van der Waals surface area contributed by atoms with Crippen LogP contribution in [0.1, 0.15) is 16.7 Å². The van der Waals surface area contributed by atoms with Crippen molar-refractivity contribution in [3.8, 4) is 6.07 Å². The summed E-state index contributed by atoms with van der Waals surface area (Å²) in [6.45, 7) is 2.49. The Morgan fingerprint density at radius 1 is 1.29 bits per heavy atom. The van der Waals surface area contributed by atoms with Gasteiger partial charge in [0.25, 0.3) is 5.56 Å². The van der Waals surface area contributed by atoms with Crippen LogP contribution >= 0.6 is 0 Å². The molecule has 0 radical (unpaired) electrons. The lowest BCUT2D eigenvalue weighted by atomic mass is 10.1. The van der Waals surface area contributed by atoms with Gasteiger partial charge < -0.3 is 4.57 Å². The molecule has 0 saturated carbocycles. The SMILES string of the molecule is Cc1cc(C#N)ccc1Cn1ccccc1=O. The lowest BCUT2D eigenvalue weighted by Gasteiger charge is -2.08. The fraction of sp³-hybridized carbons (Fsp3) is 0.143. The molecule has 0 fully saturated rings. The van der Waals surface area contributed by atoms with E-state index in [4.69, 9.17) is 5.26 Å². The van der Waals surface area contributed by atoms with Crippen LogP contribution in [0, 0.1) is 18.3 Å². The first-order chi connectivity index (χ1) is 8.20. The molecule has 0 bridgehead atoms. The molecule has 0 aliphatic heterocycles. The Hall–Kier alpha value is -2.34. The first kappa shape index (κ1) is 11.2. The largest absolute Gasteiger partial charge is 0.311 e. The maximum absolute atomic E-state index is 11.6. The maximum atomic E-state index is 11.6. The Bertz CT molecular complexity index is 635. The van der Waals surface area contributed by atoms with Gasteiger partial charge in [-0.2, -0.15) is 5.26 Å². The molecule has 2 aromatic rings. The number of benzene rings is 1. The smallest absolute Gasteiger partial charge is 0.250 e. The van der Waals surface area contributed by atoms with Gasteiger partial charge in [-0.15, -0.1) is 0 Å².